The Labute approximate surface area is 106 Å². The van der Waals surface area contributed by atoms with Crippen molar-refractivity contribution in [2.24, 2.45) is 0 Å². The molecule has 0 bridgehead atoms. The summed E-state index contributed by atoms with van der Waals surface area (Å²) in [7, 11) is 3.29. The second kappa shape index (κ2) is 6.07. The normalized spacial score (nSPS) is 10.3. The Bertz CT molecular complexity index is 483. The Morgan fingerprint density at radius 3 is 2.72 bits per heavy atom. The van der Waals surface area contributed by atoms with Crippen molar-refractivity contribution in [1.82, 2.24) is 15.5 Å². The monoisotopic (exact) mass is 247 g/mol. The molecule has 0 atom stereocenters. The van der Waals surface area contributed by atoms with Gasteiger partial charge in [-0.3, -0.25) is 5.10 Å². The number of H-pyrrole nitrogens is 1. The molecule has 0 unspecified atom stereocenters. The molecule has 2 aromatic rings. The molecule has 0 fully saturated rings. The summed E-state index contributed by atoms with van der Waals surface area (Å²) in [5.74, 6) is 1.52. The van der Waals surface area contributed by atoms with Crippen molar-refractivity contribution in [2.75, 3.05) is 14.2 Å². The number of methoxy groups -OCH3 is 2. The second-order valence-corrected chi connectivity index (χ2v) is 3.84. The third-order valence-corrected chi connectivity index (χ3v) is 2.67. The molecule has 0 radical (unpaired) electrons. The van der Waals surface area contributed by atoms with Gasteiger partial charge in [-0.1, -0.05) is 12.1 Å². The number of aromatic nitrogens is 2. The molecule has 0 aliphatic carbocycles. The van der Waals surface area contributed by atoms with E-state index in [9.17, 15) is 0 Å². The molecule has 5 heteroatoms. The molecular formula is C13H17N3O2. The van der Waals surface area contributed by atoms with Gasteiger partial charge in [0.05, 0.1) is 14.2 Å². The van der Waals surface area contributed by atoms with E-state index in [1.807, 2.05) is 24.3 Å². The summed E-state index contributed by atoms with van der Waals surface area (Å²) in [5.41, 5.74) is 2.12. The smallest absolute Gasteiger partial charge is 0.165 e. The lowest BCUT2D eigenvalue weighted by Crippen LogP contribution is -2.13. The summed E-state index contributed by atoms with van der Waals surface area (Å²) < 4.78 is 10.6. The fraction of sp³-hybridized carbons (Fsp3) is 0.308. The number of ether oxygens (including phenoxy) is 2. The molecule has 5 nitrogen and oxygen atoms in total. The molecule has 1 aromatic carbocycles. The third-order valence-electron chi connectivity index (χ3n) is 2.67. The molecule has 0 saturated heterocycles. The first-order chi connectivity index (χ1) is 8.85. The third kappa shape index (κ3) is 2.81. The maximum Gasteiger partial charge on any atom is 0.165 e. The highest BCUT2D eigenvalue weighted by Gasteiger charge is 2.08. The Hall–Kier alpha value is -2.01. The lowest BCUT2D eigenvalue weighted by atomic mass is 10.2. The van der Waals surface area contributed by atoms with Crippen LogP contribution in [-0.4, -0.2) is 24.4 Å². The summed E-state index contributed by atoms with van der Waals surface area (Å²) >= 11 is 0. The van der Waals surface area contributed by atoms with Crippen LogP contribution in [0, 0.1) is 0 Å². The molecule has 18 heavy (non-hydrogen) atoms. The number of para-hydroxylation sites is 1. The molecule has 0 aliphatic heterocycles. The lowest BCUT2D eigenvalue weighted by Gasteiger charge is -2.12. The van der Waals surface area contributed by atoms with Gasteiger partial charge in [-0.25, -0.2) is 0 Å². The van der Waals surface area contributed by atoms with E-state index in [4.69, 9.17) is 9.47 Å². The van der Waals surface area contributed by atoms with E-state index in [0.29, 0.717) is 6.54 Å². The van der Waals surface area contributed by atoms with Crippen molar-refractivity contribution in [2.45, 2.75) is 13.1 Å². The SMILES string of the molecule is COc1cccc(CNCc2ccn[nH]2)c1OC. The van der Waals surface area contributed by atoms with Crippen LogP contribution in [0.2, 0.25) is 0 Å². The van der Waals surface area contributed by atoms with Gasteiger partial charge in [0.25, 0.3) is 0 Å². The highest BCUT2D eigenvalue weighted by Crippen LogP contribution is 2.30. The van der Waals surface area contributed by atoms with Crippen molar-refractivity contribution in [3.63, 3.8) is 0 Å². The minimum atomic E-state index is 0.708. The fourth-order valence-corrected chi connectivity index (χ4v) is 1.81. The maximum absolute atomic E-state index is 5.37. The minimum absolute atomic E-state index is 0.708. The van der Waals surface area contributed by atoms with Gasteiger partial charge >= 0.3 is 0 Å². The Kier molecular flexibility index (Phi) is 4.20. The highest BCUT2D eigenvalue weighted by atomic mass is 16.5. The summed E-state index contributed by atoms with van der Waals surface area (Å²) in [4.78, 5) is 0. The van der Waals surface area contributed by atoms with Crippen molar-refractivity contribution >= 4 is 0 Å². The Balaban J connectivity index is 2.00. The van der Waals surface area contributed by atoms with Crippen LogP contribution in [0.15, 0.2) is 30.5 Å². The van der Waals surface area contributed by atoms with Crippen LogP contribution in [0.4, 0.5) is 0 Å². The molecule has 0 spiro atoms. The largest absolute Gasteiger partial charge is 0.493 e. The molecule has 1 heterocycles. The topological polar surface area (TPSA) is 59.2 Å². The molecular weight excluding hydrogens is 230 g/mol. The second-order valence-electron chi connectivity index (χ2n) is 3.84. The minimum Gasteiger partial charge on any atom is -0.493 e. The molecule has 2 N–H and O–H groups in total. The summed E-state index contributed by atoms with van der Waals surface area (Å²) in [6.07, 6.45) is 1.74. The van der Waals surface area contributed by atoms with Gasteiger partial charge < -0.3 is 14.8 Å². The fourth-order valence-electron chi connectivity index (χ4n) is 1.81. The zero-order valence-corrected chi connectivity index (χ0v) is 10.6. The van der Waals surface area contributed by atoms with Crippen LogP contribution in [0.1, 0.15) is 11.3 Å². The zero-order chi connectivity index (χ0) is 12.8. The van der Waals surface area contributed by atoms with E-state index >= 15 is 0 Å². The number of nitrogens with one attached hydrogen (secondary N) is 2. The number of hydrogen-bond donors (Lipinski definition) is 2. The van der Waals surface area contributed by atoms with Crippen molar-refractivity contribution in [3.8, 4) is 11.5 Å². The summed E-state index contributed by atoms with van der Waals surface area (Å²) in [6.45, 7) is 1.44. The van der Waals surface area contributed by atoms with Crippen LogP contribution in [0.3, 0.4) is 0 Å². The predicted molar refractivity (Wildman–Crippen MR) is 68.7 cm³/mol. The molecule has 2 rings (SSSR count). The number of nitrogens with zero attached hydrogens (tertiary/aromatic N) is 1. The number of hydrogen-bond acceptors (Lipinski definition) is 4. The Morgan fingerprint density at radius 1 is 1.17 bits per heavy atom. The van der Waals surface area contributed by atoms with Gasteiger partial charge in [0.1, 0.15) is 0 Å². The number of rotatable bonds is 6. The molecule has 96 valence electrons. The van der Waals surface area contributed by atoms with E-state index in [-0.39, 0.29) is 0 Å². The van der Waals surface area contributed by atoms with Gasteiger partial charge in [-0.15, -0.1) is 0 Å². The lowest BCUT2D eigenvalue weighted by molar-refractivity contribution is 0.350. The first-order valence-electron chi connectivity index (χ1n) is 5.74. The van der Waals surface area contributed by atoms with Crippen LogP contribution in [0.25, 0.3) is 0 Å². The Morgan fingerprint density at radius 2 is 2.06 bits per heavy atom. The van der Waals surface area contributed by atoms with Gasteiger partial charge in [0, 0.05) is 30.5 Å². The first-order valence-corrected chi connectivity index (χ1v) is 5.74. The van der Waals surface area contributed by atoms with E-state index in [0.717, 1.165) is 29.3 Å². The van der Waals surface area contributed by atoms with Crippen LogP contribution >= 0.6 is 0 Å². The summed E-state index contributed by atoms with van der Waals surface area (Å²) in [5, 5.41) is 10.1. The van der Waals surface area contributed by atoms with Crippen molar-refractivity contribution < 1.29 is 9.47 Å². The average molecular weight is 247 g/mol. The van der Waals surface area contributed by atoms with E-state index in [1.165, 1.54) is 0 Å². The zero-order valence-electron chi connectivity index (χ0n) is 10.6. The van der Waals surface area contributed by atoms with E-state index in [2.05, 4.69) is 15.5 Å². The molecule has 1 aromatic heterocycles. The van der Waals surface area contributed by atoms with Crippen LogP contribution < -0.4 is 14.8 Å². The van der Waals surface area contributed by atoms with Gasteiger partial charge in [-0.2, -0.15) is 5.10 Å². The van der Waals surface area contributed by atoms with E-state index < -0.39 is 0 Å². The summed E-state index contributed by atoms with van der Waals surface area (Å²) in [6, 6.07) is 7.79. The average Bonchev–Trinajstić information content (AvgIpc) is 2.91. The maximum atomic E-state index is 5.37. The number of aromatic amines is 1. The molecule has 0 aliphatic rings. The highest BCUT2D eigenvalue weighted by molar-refractivity contribution is 5.46. The predicted octanol–water partition coefficient (Wildman–Crippen LogP) is 1.72. The van der Waals surface area contributed by atoms with Gasteiger partial charge in [0.2, 0.25) is 0 Å². The van der Waals surface area contributed by atoms with Crippen molar-refractivity contribution in [1.29, 1.82) is 0 Å². The standard InChI is InChI=1S/C13H17N3O2/c1-17-12-5-3-4-10(13(12)18-2)8-14-9-11-6-7-15-16-11/h3-7,14H,8-9H2,1-2H3,(H,15,16). The van der Waals surface area contributed by atoms with Crippen LogP contribution in [0.5, 0.6) is 11.5 Å². The quantitative estimate of drug-likeness (QED) is 0.816. The first kappa shape index (κ1) is 12.4. The molecule has 0 amide bonds. The van der Waals surface area contributed by atoms with Crippen molar-refractivity contribution in [3.05, 3.63) is 41.7 Å². The van der Waals surface area contributed by atoms with Crippen LogP contribution in [-0.2, 0) is 13.1 Å². The number of benzene rings is 1. The van der Waals surface area contributed by atoms with E-state index in [1.54, 1.807) is 20.4 Å². The van der Waals surface area contributed by atoms with Gasteiger partial charge in [-0.05, 0) is 12.1 Å². The molecule has 0 saturated carbocycles. The van der Waals surface area contributed by atoms with Gasteiger partial charge in [0.15, 0.2) is 11.5 Å².